The first-order valence-corrected chi connectivity index (χ1v) is 14.3. The Morgan fingerprint density at radius 1 is 1.27 bits per heavy atom. The van der Waals surface area contributed by atoms with Crippen LogP contribution in [0.25, 0.3) is 11.3 Å². The Balaban J connectivity index is 0.00000187. The third kappa shape index (κ3) is 9.19. The molecular formula is C25H31BrClF5N4O4S. The van der Waals surface area contributed by atoms with E-state index in [2.05, 4.69) is 38.2 Å². The van der Waals surface area contributed by atoms with Crippen molar-refractivity contribution in [2.75, 3.05) is 13.1 Å². The van der Waals surface area contributed by atoms with Gasteiger partial charge in [0.25, 0.3) is 5.91 Å². The van der Waals surface area contributed by atoms with Crippen LogP contribution in [-0.2, 0) is 24.5 Å². The maximum atomic E-state index is 13.4. The summed E-state index contributed by atoms with van der Waals surface area (Å²) in [6.07, 6.45) is -3.03. The largest absolute Gasteiger partial charge is 0.434 e. The summed E-state index contributed by atoms with van der Waals surface area (Å²) in [5, 5.41) is 7.06. The molecule has 8 nitrogen and oxygen atoms in total. The van der Waals surface area contributed by atoms with Crippen molar-refractivity contribution in [2.24, 2.45) is 11.3 Å². The SMILES string of the molecule is CCn1nc(C(=O)NC[C@H]2CC[C@@H](C)CN2Br)c(Cl)c1-c1ccc(CC(C)(C)C(F)(F)F)cc1OC(F)F.O=S=O. The molecule has 16 heteroatoms. The number of aromatic nitrogens is 2. The van der Waals surface area contributed by atoms with Gasteiger partial charge in [-0.3, -0.25) is 9.48 Å². The van der Waals surface area contributed by atoms with Crippen LogP contribution in [0.2, 0.25) is 5.02 Å². The van der Waals surface area contributed by atoms with Gasteiger partial charge < -0.3 is 10.1 Å². The highest BCUT2D eigenvalue weighted by molar-refractivity contribution is 9.07. The van der Waals surface area contributed by atoms with Gasteiger partial charge in [0.1, 0.15) is 5.75 Å². The van der Waals surface area contributed by atoms with Gasteiger partial charge in [0.2, 0.25) is 0 Å². The summed E-state index contributed by atoms with van der Waals surface area (Å²) in [6, 6.07) is 3.99. The summed E-state index contributed by atoms with van der Waals surface area (Å²) >= 11 is 9.35. The lowest BCUT2D eigenvalue weighted by molar-refractivity contribution is -0.211. The van der Waals surface area contributed by atoms with E-state index in [4.69, 9.17) is 20.0 Å². The highest BCUT2D eigenvalue weighted by Gasteiger charge is 2.47. The fraction of sp³-hybridized carbons (Fsp3) is 0.600. The molecule has 41 heavy (non-hydrogen) atoms. The lowest BCUT2D eigenvalue weighted by atomic mass is 9.84. The molecule has 1 aromatic heterocycles. The van der Waals surface area contributed by atoms with E-state index in [0.29, 0.717) is 12.5 Å². The molecule has 0 spiro atoms. The van der Waals surface area contributed by atoms with Crippen molar-refractivity contribution < 1.29 is 39.9 Å². The number of piperidine rings is 1. The molecule has 0 bridgehead atoms. The summed E-state index contributed by atoms with van der Waals surface area (Å²) in [6.45, 7) is 4.16. The monoisotopic (exact) mass is 692 g/mol. The van der Waals surface area contributed by atoms with E-state index in [0.717, 1.165) is 39.3 Å². The molecular weight excluding hydrogens is 663 g/mol. The average Bonchev–Trinajstić information content (AvgIpc) is 3.19. The number of carbonyl (C=O) groups excluding carboxylic acids is 1. The number of rotatable bonds is 9. The maximum absolute atomic E-state index is 13.4. The van der Waals surface area contributed by atoms with Crippen LogP contribution in [0, 0.1) is 11.3 Å². The Kier molecular flexibility index (Phi) is 12.7. The van der Waals surface area contributed by atoms with Gasteiger partial charge in [-0.15, -0.1) is 0 Å². The highest BCUT2D eigenvalue weighted by atomic mass is 79.9. The molecule has 0 saturated carbocycles. The fourth-order valence-electron chi connectivity index (χ4n) is 4.40. The molecule has 0 unspecified atom stereocenters. The van der Waals surface area contributed by atoms with Gasteiger partial charge in [0.05, 0.1) is 16.1 Å². The second-order valence-corrected chi connectivity index (χ2v) is 11.7. The quantitative estimate of drug-likeness (QED) is 0.241. The minimum absolute atomic E-state index is 0.0696. The van der Waals surface area contributed by atoms with Crippen molar-refractivity contribution in [3.8, 4) is 17.0 Å². The molecule has 2 heterocycles. The summed E-state index contributed by atoms with van der Waals surface area (Å²) in [5.74, 6) is -0.345. The van der Waals surface area contributed by atoms with Gasteiger partial charge in [-0.1, -0.05) is 38.4 Å². The lowest BCUT2D eigenvalue weighted by Gasteiger charge is -2.34. The van der Waals surface area contributed by atoms with E-state index in [1.807, 2.05) is 3.93 Å². The van der Waals surface area contributed by atoms with E-state index in [1.165, 1.54) is 16.8 Å². The predicted octanol–water partition coefficient (Wildman–Crippen LogP) is 6.43. The average molecular weight is 694 g/mol. The Bertz CT molecular complexity index is 1240. The number of hydrogen-bond acceptors (Lipinski definition) is 6. The normalized spacial score (nSPS) is 18.0. The zero-order valence-corrected chi connectivity index (χ0v) is 25.9. The molecule has 1 aliphatic rings. The van der Waals surface area contributed by atoms with Crippen LogP contribution in [-0.4, -0.2) is 60.0 Å². The van der Waals surface area contributed by atoms with Crippen molar-refractivity contribution in [3.05, 3.63) is 34.5 Å². The molecule has 1 saturated heterocycles. The van der Waals surface area contributed by atoms with Crippen molar-refractivity contribution in [1.82, 2.24) is 19.0 Å². The van der Waals surface area contributed by atoms with E-state index in [9.17, 15) is 26.7 Å². The van der Waals surface area contributed by atoms with Crippen LogP contribution in [0.4, 0.5) is 22.0 Å². The molecule has 0 radical (unpaired) electrons. The number of alkyl halides is 5. The third-order valence-corrected chi connectivity index (χ3v) is 7.94. The van der Waals surface area contributed by atoms with Gasteiger partial charge >= 0.3 is 24.4 Å². The highest BCUT2D eigenvalue weighted by Crippen LogP contribution is 2.43. The first-order valence-electron chi connectivity index (χ1n) is 12.6. The van der Waals surface area contributed by atoms with E-state index >= 15 is 0 Å². The molecule has 230 valence electrons. The van der Waals surface area contributed by atoms with Crippen LogP contribution in [0.5, 0.6) is 5.75 Å². The number of amides is 1. The first kappa shape index (κ1) is 35.1. The molecule has 1 aromatic carbocycles. The third-order valence-electron chi connectivity index (χ3n) is 6.71. The summed E-state index contributed by atoms with van der Waals surface area (Å²) in [7, 11) is 0. The van der Waals surface area contributed by atoms with Crippen molar-refractivity contribution in [2.45, 2.75) is 72.3 Å². The molecule has 0 aliphatic carbocycles. The van der Waals surface area contributed by atoms with Crippen molar-refractivity contribution >= 4 is 45.2 Å². The Hall–Kier alpha value is -2.10. The Labute approximate surface area is 251 Å². The Morgan fingerprint density at radius 2 is 1.90 bits per heavy atom. The number of benzene rings is 1. The van der Waals surface area contributed by atoms with Gasteiger partial charge in [0, 0.05) is 47.4 Å². The maximum Gasteiger partial charge on any atom is 0.394 e. The number of hydrogen-bond donors (Lipinski definition) is 1. The summed E-state index contributed by atoms with van der Waals surface area (Å²) in [4.78, 5) is 13.0. The molecule has 3 rings (SSSR count). The smallest absolute Gasteiger partial charge is 0.394 e. The molecule has 1 fully saturated rings. The number of ether oxygens (including phenoxy) is 1. The summed E-state index contributed by atoms with van der Waals surface area (Å²) in [5.41, 5.74) is -1.77. The first-order chi connectivity index (χ1) is 19.1. The minimum atomic E-state index is -4.50. The van der Waals surface area contributed by atoms with Gasteiger partial charge in [-0.25, -0.2) is 3.93 Å². The predicted molar refractivity (Wildman–Crippen MR) is 148 cm³/mol. The molecule has 2 aromatic rings. The van der Waals surface area contributed by atoms with Crippen LogP contribution < -0.4 is 10.1 Å². The molecule has 1 N–H and O–H groups in total. The second kappa shape index (κ2) is 14.9. The number of nitrogens with one attached hydrogen (secondary N) is 1. The zero-order chi connectivity index (χ0) is 31.1. The number of nitrogens with zero attached hydrogens (tertiary/aromatic N) is 3. The fourth-order valence-corrected chi connectivity index (χ4v) is 5.56. The number of halogens is 7. The van der Waals surface area contributed by atoms with E-state index in [-0.39, 0.29) is 45.9 Å². The van der Waals surface area contributed by atoms with Crippen LogP contribution in [0.1, 0.15) is 56.6 Å². The van der Waals surface area contributed by atoms with Crippen LogP contribution in [0.3, 0.4) is 0 Å². The van der Waals surface area contributed by atoms with Gasteiger partial charge in [0.15, 0.2) is 5.69 Å². The van der Waals surface area contributed by atoms with Crippen molar-refractivity contribution in [1.29, 1.82) is 0 Å². The Morgan fingerprint density at radius 3 is 2.44 bits per heavy atom. The standard InChI is InChI=1S/C25H31BrClF5N4O2.O2S/c1-5-36-21(19(27)20(34-36)22(37)33-12-16-8-6-14(2)13-35(16)26)17-9-7-15(10-18(17)38-23(28)29)11-24(3,4)25(30,31)32;1-3-2/h7,9-10,14,16,23H,5-6,8,11-13H2,1-4H3,(H,33,37);/t14-,16-;/m1./s1. The van der Waals surface area contributed by atoms with E-state index < -0.39 is 42.1 Å². The summed E-state index contributed by atoms with van der Waals surface area (Å²) < 4.78 is 91.4. The number of aryl methyl sites for hydroxylation is 1. The van der Waals surface area contributed by atoms with E-state index in [1.54, 1.807) is 6.92 Å². The second-order valence-electron chi connectivity index (χ2n) is 10.3. The van der Waals surface area contributed by atoms with Crippen LogP contribution in [0.15, 0.2) is 18.2 Å². The molecule has 2 atom stereocenters. The zero-order valence-electron chi connectivity index (χ0n) is 22.7. The number of carbonyl (C=O) groups is 1. The molecule has 1 amide bonds. The van der Waals surface area contributed by atoms with Crippen LogP contribution >= 0.6 is 27.7 Å². The van der Waals surface area contributed by atoms with Crippen molar-refractivity contribution in [3.63, 3.8) is 0 Å². The van der Waals surface area contributed by atoms with Gasteiger partial charge in [-0.05, 0) is 49.8 Å². The molecule has 1 aliphatic heterocycles. The topological polar surface area (TPSA) is 93.5 Å². The minimum Gasteiger partial charge on any atom is -0.434 e. The van der Waals surface area contributed by atoms with Gasteiger partial charge in [-0.2, -0.15) is 35.5 Å². The lowest BCUT2D eigenvalue weighted by Crippen LogP contribution is -2.44.